The van der Waals surface area contributed by atoms with Crippen LogP contribution in [0.1, 0.15) is 37.7 Å². The molecule has 0 aromatic carbocycles. The Balaban J connectivity index is 1.72. The normalized spacial score (nSPS) is 15.4. The molecule has 2 rings (SSSR count). The fraction of sp³-hybridized carbons (Fsp3) is 0.615. The fourth-order valence-electron chi connectivity index (χ4n) is 2.06. The van der Waals surface area contributed by atoms with Gasteiger partial charge in [0.15, 0.2) is 0 Å². The topological polar surface area (TPSA) is 29.3 Å². The lowest BCUT2D eigenvalue weighted by Gasteiger charge is -2.21. The molecule has 0 amide bonds. The van der Waals surface area contributed by atoms with Gasteiger partial charge in [0.25, 0.3) is 0 Å². The zero-order valence-electron chi connectivity index (χ0n) is 10.1. The number of thiocarbonyl (C=S) groups is 1. The predicted molar refractivity (Wildman–Crippen MR) is 78.4 cm³/mol. The molecule has 0 bridgehead atoms. The summed E-state index contributed by atoms with van der Waals surface area (Å²) in [5.41, 5.74) is 6.97. The molecule has 1 heterocycles. The van der Waals surface area contributed by atoms with Gasteiger partial charge in [-0.2, -0.15) is 11.3 Å². The van der Waals surface area contributed by atoms with Gasteiger partial charge in [0.05, 0.1) is 4.99 Å². The van der Waals surface area contributed by atoms with Crippen molar-refractivity contribution in [3.05, 3.63) is 22.4 Å². The van der Waals surface area contributed by atoms with Crippen LogP contribution < -0.4 is 5.73 Å². The van der Waals surface area contributed by atoms with Gasteiger partial charge in [0, 0.05) is 12.6 Å². The summed E-state index contributed by atoms with van der Waals surface area (Å²) < 4.78 is 0. The molecule has 94 valence electrons. The van der Waals surface area contributed by atoms with Gasteiger partial charge in [0.1, 0.15) is 0 Å². The monoisotopic (exact) mass is 268 g/mol. The second-order valence-corrected chi connectivity index (χ2v) is 6.06. The second kappa shape index (κ2) is 6.47. The first-order valence-corrected chi connectivity index (χ1v) is 7.64. The van der Waals surface area contributed by atoms with Crippen LogP contribution in [0.2, 0.25) is 0 Å². The van der Waals surface area contributed by atoms with E-state index >= 15 is 0 Å². The van der Waals surface area contributed by atoms with Gasteiger partial charge in [-0.25, -0.2) is 0 Å². The lowest BCUT2D eigenvalue weighted by molar-refractivity contribution is 0.250. The van der Waals surface area contributed by atoms with Crippen molar-refractivity contribution in [2.75, 3.05) is 6.54 Å². The van der Waals surface area contributed by atoms with Crippen LogP contribution in [0.25, 0.3) is 0 Å². The van der Waals surface area contributed by atoms with Gasteiger partial charge in [-0.15, -0.1) is 0 Å². The van der Waals surface area contributed by atoms with Crippen LogP contribution in [-0.2, 0) is 6.54 Å². The van der Waals surface area contributed by atoms with Crippen LogP contribution in [0.3, 0.4) is 0 Å². The number of rotatable bonds is 8. The summed E-state index contributed by atoms with van der Waals surface area (Å²) in [7, 11) is 0. The third kappa shape index (κ3) is 4.74. The minimum absolute atomic E-state index is 0.654. The molecule has 17 heavy (non-hydrogen) atoms. The van der Waals surface area contributed by atoms with Crippen LogP contribution in [0.15, 0.2) is 16.8 Å². The molecule has 0 unspecified atom stereocenters. The summed E-state index contributed by atoms with van der Waals surface area (Å²) in [5.74, 6) is 0. The van der Waals surface area contributed by atoms with Crippen molar-refractivity contribution in [3.8, 4) is 0 Å². The van der Waals surface area contributed by atoms with Crippen molar-refractivity contribution < 1.29 is 0 Å². The highest BCUT2D eigenvalue weighted by Gasteiger charge is 2.28. The average molecular weight is 268 g/mol. The molecule has 0 spiro atoms. The first-order valence-electron chi connectivity index (χ1n) is 6.29. The average Bonchev–Trinajstić information content (AvgIpc) is 3.01. The minimum atomic E-state index is 0.654. The summed E-state index contributed by atoms with van der Waals surface area (Å²) in [6.45, 7) is 2.30. The molecule has 1 aliphatic rings. The number of thiophene rings is 1. The maximum atomic E-state index is 5.51. The molecular weight excluding hydrogens is 248 g/mol. The van der Waals surface area contributed by atoms with Crippen LogP contribution in [0, 0.1) is 0 Å². The van der Waals surface area contributed by atoms with E-state index in [-0.39, 0.29) is 0 Å². The highest BCUT2D eigenvalue weighted by atomic mass is 32.1. The first kappa shape index (κ1) is 13.0. The standard InChI is InChI=1S/C13H20N2S2/c14-13(16)3-1-2-7-15(12-4-5-12)9-11-6-8-17-10-11/h6,8,10,12H,1-5,7,9H2,(H2,14,16). The molecule has 0 aliphatic heterocycles. The van der Waals surface area contributed by atoms with E-state index in [1.54, 1.807) is 11.3 Å². The van der Waals surface area contributed by atoms with E-state index in [1.807, 2.05) is 0 Å². The van der Waals surface area contributed by atoms with Gasteiger partial charge in [-0.05, 0) is 61.0 Å². The Bertz CT molecular complexity index is 344. The second-order valence-electron chi connectivity index (χ2n) is 4.76. The SMILES string of the molecule is NC(=S)CCCCN(Cc1ccsc1)C1CC1. The Hall–Kier alpha value is -0.450. The highest BCUT2D eigenvalue weighted by molar-refractivity contribution is 7.80. The van der Waals surface area contributed by atoms with E-state index < -0.39 is 0 Å². The van der Waals surface area contributed by atoms with Crippen LogP contribution in [0.4, 0.5) is 0 Å². The molecule has 1 aromatic rings. The van der Waals surface area contributed by atoms with Crippen molar-refractivity contribution in [2.45, 2.75) is 44.7 Å². The maximum absolute atomic E-state index is 5.51. The van der Waals surface area contributed by atoms with Crippen LogP contribution in [-0.4, -0.2) is 22.5 Å². The third-order valence-electron chi connectivity index (χ3n) is 3.15. The predicted octanol–water partition coefficient (Wildman–Crippen LogP) is 3.17. The van der Waals surface area contributed by atoms with Crippen LogP contribution in [0.5, 0.6) is 0 Å². The van der Waals surface area contributed by atoms with Crippen molar-refractivity contribution in [3.63, 3.8) is 0 Å². The highest BCUT2D eigenvalue weighted by Crippen LogP contribution is 2.29. The quantitative estimate of drug-likeness (QED) is 0.580. The van der Waals surface area contributed by atoms with Gasteiger partial charge in [-0.3, -0.25) is 4.90 Å². The molecule has 2 nitrogen and oxygen atoms in total. The molecule has 1 fully saturated rings. The van der Waals surface area contributed by atoms with Gasteiger partial charge in [-0.1, -0.05) is 12.2 Å². The van der Waals surface area contributed by atoms with Gasteiger partial charge < -0.3 is 5.73 Å². The zero-order valence-corrected chi connectivity index (χ0v) is 11.7. The largest absolute Gasteiger partial charge is 0.393 e. The molecule has 2 N–H and O–H groups in total. The van der Waals surface area contributed by atoms with Crippen molar-refractivity contribution >= 4 is 28.5 Å². The van der Waals surface area contributed by atoms with E-state index in [2.05, 4.69) is 21.7 Å². The van der Waals surface area contributed by atoms with E-state index in [4.69, 9.17) is 18.0 Å². The fourth-order valence-corrected chi connectivity index (χ4v) is 2.87. The van der Waals surface area contributed by atoms with E-state index in [9.17, 15) is 0 Å². The minimum Gasteiger partial charge on any atom is -0.393 e. The Morgan fingerprint density at radius 2 is 2.29 bits per heavy atom. The van der Waals surface area contributed by atoms with Crippen molar-refractivity contribution in [2.24, 2.45) is 5.73 Å². The van der Waals surface area contributed by atoms with Crippen molar-refractivity contribution in [1.29, 1.82) is 0 Å². The first-order chi connectivity index (χ1) is 8.25. The Labute approximate surface area is 113 Å². The summed E-state index contributed by atoms with van der Waals surface area (Å²) in [6, 6.07) is 3.06. The Morgan fingerprint density at radius 1 is 1.47 bits per heavy atom. The number of unbranched alkanes of at least 4 members (excludes halogenated alkanes) is 1. The molecule has 0 saturated heterocycles. The van der Waals surface area contributed by atoms with Gasteiger partial charge >= 0.3 is 0 Å². The summed E-state index contributed by atoms with van der Waals surface area (Å²) in [6.07, 6.45) is 5.98. The molecule has 0 atom stereocenters. The van der Waals surface area contributed by atoms with Crippen molar-refractivity contribution in [1.82, 2.24) is 4.90 Å². The molecule has 1 aromatic heterocycles. The molecule has 4 heteroatoms. The molecule has 0 radical (unpaired) electrons. The summed E-state index contributed by atoms with van der Waals surface area (Å²) in [5, 5.41) is 4.41. The van der Waals surface area contributed by atoms with E-state index in [0.717, 1.165) is 25.4 Å². The van der Waals surface area contributed by atoms with E-state index in [1.165, 1.54) is 31.4 Å². The lowest BCUT2D eigenvalue weighted by atomic mass is 10.2. The van der Waals surface area contributed by atoms with Gasteiger partial charge in [0.2, 0.25) is 0 Å². The lowest BCUT2D eigenvalue weighted by Crippen LogP contribution is -2.26. The number of hydrogen-bond donors (Lipinski definition) is 1. The maximum Gasteiger partial charge on any atom is 0.0727 e. The number of nitrogens with zero attached hydrogens (tertiary/aromatic N) is 1. The Morgan fingerprint density at radius 3 is 2.88 bits per heavy atom. The summed E-state index contributed by atoms with van der Waals surface area (Å²) >= 11 is 6.68. The van der Waals surface area contributed by atoms with Crippen LogP contribution >= 0.6 is 23.6 Å². The third-order valence-corrected chi connectivity index (χ3v) is 4.08. The Kier molecular flexibility index (Phi) is 4.95. The molecular formula is C13H20N2S2. The van der Waals surface area contributed by atoms with E-state index in [0.29, 0.717) is 4.99 Å². The molecule has 1 aliphatic carbocycles. The smallest absolute Gasteiger partial charge is 0.0727 e. The number of nitrogens with two attached hydrogens (primary N) is 1. The zero-order chi connectivity index (χ0) is 12.1. The molecule has 1 saturated carbocycles. The number of hydrogen-bond acceptors (Lipinski definition) is 3. The summed E-state index contributed by atoms with van der Waals surface area (Å²) in [4.78, 5) is 3.27.